The predicted octanol–water partition coefficient (Wildman–Crippen LogP) is 3.23. The van der Waals surface area contributed by atoms with Gasteiger partial charge in [0.2, 0.25) is 0 Å². The van der Waals surface area contributed by atoms with E-state index in [1.807, 2.05) is 42.5 Å². The van der Waals surface area contributed by atoms with Gasteiger partial charge < -0.3 is 10.1 Å². The molecule has 110 valence electrons. The lowest BCUT2D eigenvalue weighted by Gasteiger charge is -1.98. The van der Waals surface area contributed by atoms with Crippen LogP contribution in [0.25, 0.3) is 0 Å². The third-order valence-corrected chi connectivity index (χ3v) is 3.67. The highest BCUT2D eigenvalue weighted by Gasteiger charge is 2.26. The van der Waals surface area contributed by atoms with Crippen molar-refractivity contribution in [3.05, 3.63) is 58.1 Å². The second kappa shape index (κ2) is 6.11. The number of carbonyl (C=O) groups excluding carboxylic acids is 1. The van der Waals surface area contributed by atoms with Crippen LogP contribution in [0.1, 0.15) is 11.1 Å². The Morgan fingerprint density at radius 1 is 1.18 bits per heavy atom. The van der Waals surface area contributed by atoms with Crippen molar-refractivity contribution in [1.29, 1.82) is 0 Å². The van der Waals surface area contributed by atoms with Gasteiger partial charge in [0, 0.05) is 10.0 Å². The van der Waals surface area contributed by atoms with Crippen molar-refractivity contribution in [3.63, 3.8) is 0 Å². The molecule has 5 nitrogen and oxygen atoms in total. The Morgan fingerprint density at radius 3 is 2.68 bits per heavy atom. The zero-order chi connectivity index (χ0) is 15.5. The van der Waals surface area contributed by atoms with Crippen LogP contribution in [0.3, 0.4) is 0 Å². The number of carbonyl (C=O) groups is 1. The quantitative estimate of drug-likeness (QED) is 0.676. The molecule has 0 unspecified atom stereocenters. The zero-order valence-electron chi connectivity index (χ0n) is 11.7. The molecule has 1 N–H and O–H groups in total. The summed E-state index contributed by atoms with van der Waals surface area (Å²) in [7, 11) is 1.61. The summed E-state index contributed by atoms with van der Waals surface area (Å²) in [4.78, 5) is 11.9. The van der Waals surface area contributed by atoms with Gasteiger partial charge in [0.05, 0.1) is 19.0 Å². The Balaban J connectivity index is 1.84. The number of fused-ring (bicyclic) bond motifs is 1. The Bertz CT molecular complexity index is 782. The molecule has 22 heavy (non-hydrogen) atoms. The van der Waals surface area contributed by atoms with Crippen LogP contribution in [0, 0.1) is 0 Å². The average Bonchev–Trinajstić information content (AvgIpc) is 2.83. The topological polar surface area (TPSA) is 63.1 Å². The Labute approximate surface area is 135 Å². The molecule has 0 bridgehead atoms. The van der Waals surface area contributed by atoms with Crippen LogP contribution in [0.5, 0.6) is 5.75 Å². The molecule has 0 atom stereocenters. The van der Waals surface area contributed by atoms with Crippen LogP contribution >= 0.6 is 15.9 Å². The van der Waals surface area contributed by atoms with E-state index in [-0.39, 0.29) is 5.91 Å². The second-order valence-electron chi connectivity index (χ2n) is 4.61. The summed E-state index contributed by atoms with van der Waals surface area (Å²) in [5.74, 6) is 0.525. The van der Waals surface area contributed by atoms with Crippen molar-refractivity contribution in [1.82, 2.24) is 0 Å². The first-order chi connectivity index (χ1) is 10.7. The van der Waals surface area contributed by atoms with Gasteiger partial charge in [-0.3, -0.25) is 4.79 Å². The lowest BCUT2D eigenvalue weighted by Crippen LogP contribution is -2.13. The second-order valence-corrected chi connectivity index (χ2v) is 5.53. The minimum Gasteiger partial charge on any atom is -0.497 e. The first kappa shape index (κ1) is 14.5. The van der Waals surface area contributed by atoms with Gasteiger partial charge in [-0.15, -0.1) is 5.10 Å². The average molecular weight is 358 g/mol. The molecule has 0 radical (unpaired) electrons. The molecule has 2 aromatic rings. The van der Waals surface area contributed by atoms with Crippen LogP contribution in [0.4, 0.5) is 5.69 Å². The number of rotatable bonds is 3. The van der Waals surface area contributed by atoms with Gasteiger partial charge in [-0.25, -0.2) is 0 Å². The Kier molecular flexibility index (Phi) is 4.02. The largest absolute Gasteiger partial charge is 0.497 e. The summed E-state index contributed by atoms with van der Waals surface area (Å²) >= 11 is 3.39. The minimum atomic E-state index is -0.250. The van der Waals surface area contributed by atoms with Crippen molar-refractivity contribution in [2.75, 3.05) is 12.4 Å². The first-order valence-electron chi connectivity index (χ1n) is 6.54. The molecular weight excluding hydrogens is 346 g/mol. The number of nitrogens with one attached hydrogen (secondary N) is 1. The molecule has 3 rings (SSSR count). The van der Waals surface area contributed by atoms with Gasteiger partial charge >= 0.3 is 0 Å². The Morgan fingerprint density at radius 2 is 1.95 bits per heavy atom. The monoisotopic (exact) mass is 357 g/mol. The summed E-state index contributed by atoms with van der Waals surface area (Å²) in [5, 5.41) is 10.8. The van der Waals surface area contributed by atoms with E-state index in [1.165, 1.54) is 0 Å². The number of methoxy groups -OCH3 is 1. The number of hydrogen-bond acceptors (Lipinski definition) is 4. The highest BCUT2D eigenvalue weighted by atomic mass is 79.9. The fourth-order valence-corrected chi connectivity index (χ4v) is 2.43. The van der Waals surface area contributed by atoms with Crippen LogP contribution in [0.15, 0.2) is 57.1 Å². The number of ether oxygens (including phenoxy) is 1. The fourth-order valence-electron chi connectivity index (χ4n) is 2.07. The molecule has 0 aliphatic carbocycles. The normalized spacial score (nSPS) is 15.2. The van der Waals surface area contributed by atoms with Crippen LogP contribution in [-0.4, -0.2) is 24.9 Å². The molecule has 0 saturated carbocycles. The van der Waals surface area contributed by atoms with Crippen LogP contribution < -0.4 is 10.1 Å². The molecule has 1 aliphatic heterocycles. The maximum atomic E-state index is 11.9. The van der Waals surface area contributed by atoms with Crippen molar-refractivity contribution in [2.24, 2.45) is 10.2 Å². The summed E-state index contributed by atoms with van der Waals surface area (Å²) in [6.45, 7) is 0. The van der Waals surface area contributed by atoms with Crippen molar-refractivity contribution < 1.29 is 9.53 Å². The maximum absolute atomic E-state index is 11.9. The van der Waals surface area contributed by atoms with Crippen molar-refractivity contribution in [2.45, 2.75) is 0 Å². The molecule has 0 aromatic heterocycles. The SMILES string of the molecule is COc1ccc(/C=N\N=C2/C(=O)Nc3ccc(Br)cc32)cc1. The van der Waals surface area contributed by atoms with Gasteiger partial charge in [0.1, 0.15) is 5.75 Å². The zero-order valence-corrected chi connectivity index (χ0v) is 13.3. The number of hydrogen-bond donors (Lipinski definition) is 1. The number of nitrogens with zero attached hydrogens (tertiary/aromatic N) is 2. The van der Waals surface area contributed by atoms with Gasteiger partial charge in [-0.05, 0) is 48.0 Å². The number of anilines is 1. The van der Waals surface area contributed by atoms with Crippen LogP contribution in [0.2, 0.25) is 0 Å². The summed E-state index contributed by atoms with van der Waals surface area (Å²) in [6, 6.07) is 12.9. The van der Waals surface area contributed by atoms with E-state index in [4.69, 9.17) is 4.74 Å². The molecule has 0 fully saturated rings. The first-order valence-corrected chi connectivity index (χ1v) is 7.33. The lowest BCUT2D eigenvalue weighted by atomic mass is 10.1. The summed E-state index contributed by atoms with van der Waals surface area (Å²) < 4.78 is 5.97. The van der Waals surface area contributed by atoms with Crippen molar-refractivity contribution in [3.8, 4) is 5.75 Å². The Hall–Kier alpha value is -2.47. The van der Waals surface area contributed by atoms with E-state index in [2.05, 4.69) is 31.4 Å². The molecule has 1 heterocycles. The molecule has 0 saturated heterocycles. The molecular formula is C16H12BrN3O2. The van der Waals surface area contributed by atoms with Gasteiger partial charge in [-0.2, -0.15) is 5.10 Å². The third-order valence-electron chi connectivity index (χ3n) is 3.18. The number of amides is 1. The smallest absolute Gasteiger partial charge is 0.276 e. The minimum absolute atomic E-state index is 0.250. The van der Waals surface area contributed by atoms with Gasteiger partial charge in [0.25, 0.3) is 5.91 Å². The number of benzene rings is 2. The van der Waals surface area contributed by atoms with E-state index in [1.54, 1.807) is 13.3 Å². The maximum Gasteiger partial charge on any atom is 0.276 e. The molecule has 6 heteroatoms. The fraction of sp³-hybridized carbons (Fsp3) is 0.0625. The van der Waals surface area contributed by atoms with Crippen LogP contribution in [-0.2, 0) is 4.79 Å². The van der Waals surface area contributed by atoms with E-state index in [0.29, 0.717) is 5.71 Å². The van der Waals surface area contributed by atoms with E-state index >= 15 is 0 Å². The standard InChI is InChI=1S/C16H12BrN3O2/c1-22-12-5-2-10(3-6-12)9-18-20-15-13-8-11(17)4-7-14(13)19-16(15)21/h2-9H,1H3,(H,19,20,21)/b18-9-. The van der Waals surface area contributed by atoms with Crippen molar-refractivity contribution >= 4 is 39.5 Å². The summed E-state index contributed by atoms with van der Waals surface area (Å²) in [6.07, 6.45) is 1.59. The number of halogens is 1. The van der Waals surface area contributed by atoms with E-state index in [9.17, 15) is 4.79 Å². The molecule has 1 amide bonds. The van der Waals surface area contributed by atoms with E-state index in [0.717, 1.165) is 27.0 Å². The highest BCUT2D eigenvalue weighted by Crippen LogP contribution is 2.26. The van der Waals surface area contributed by atoms with E-state index < -0.39 is 0 Å². The van der Waals surface area contributed by atoms with Gasteiger partial charge in [-0.1, -0.05) is 15.9 Å². The molecule has 1 aliphatic rings. The molecule has 0 spiro atoms. The highest BCUT2D eigenvalue weighted by molar-refractivity contribution is 9.10. The lowest BCUT2D eigenvalue weighted by molar-refractivity contribution is -0.110. The molecule has 2 aromatic carbocycles. The third kappa shape index (κ3) is 2.92. The van der Waals surface area contributed by atoms with Gasteiger partial charge in [0.15, 0.2) is 5.71 Å². The summed E-state index contributed by atoms with van der Waals surface area (Å²) in [5.41, 5.74) is 2.66. The predicted molar refractivity (Wildman–Crippen MR) is 89.9 cm³/mol.